The van der Waals surface area contributed by atoms with Crippen molar-refractivity contribution < 1.29 is 4.79 Å². The van der Waals surface area contributed by atoms with Crippen LogP contribution in [0.1, 0.15) is 10.5 Å². The lowest BCUT2D eigenvalue weighted by Gasteiger charge is -2.29. The minimum atomic E-state index is -0.227. The first-order valence-electron chi connectivity index (χ1n) is 6.94. The summed E-state index contributed by atoms with van der Waals surface area (Å²) < 4.78 is 1.64. The van der Waals surface area contributed by atoms with E-state index in [1.807, 2.05) is 6.07 Å². The lowest BCUT2D eigenvalue weighted by molar-refractivity contribution is 0.102. The van der Waals surface area contributed by atoms with Crippen molar-refractivity contribution in [2.45, 2.75) is 0 Å². The van der Waals surface area contributed by atoms with Crippen LogP contribution in [0.4, 0.5) is 11.4 Å². The molecule has 8 heteroatoms. The van der Waals surface area contributed by atoms with Crippen LogP contribution in [0.3, 0.4) is 0 Å². The van der Waals surface area contributed by atoms with Crippen molar-refractivity contribution in [1.82, 2.24) is 20.1 Å². The average Bonchev–Trinajstić information content (AvgIpc) is 2.93. The second-order valence-electron chi connectivity index (χ2n) is 5.00. The number of carbonyl (C=O) groups excluding carboxylic acids is 1. The Morgan fingerprint density at radius 3 is 2.64 bits per heavy atom. The number of hydrogen-bond donors (Lipinski definition) is 2. The molecule has 0 aromatic carbocycles. The van der Waals surface area contributed by atoms with Crippen molar-refractivity contribution in [3.63, 3.8) is 0 Å². The maximum absolute atomic E-state index is 12.1. The Bertz CT molecular complexity index is 621. The molecule has 2 aromatic rings. The fraction of sp³-hybridized carbons (Fsp3) is 0.357. The maximum Gasteiger partial charge on any atom is 0.274 e. The second-order valence-corrected chi connectivity index (χ2v) is 5.00. The quantitative estimate of drug-likeness (QED) is 0.878. The van der Waals surface area contributed by atoms with Gasteiger partial charge in [0.1, 0.15) is 5.69 Å². The van der Waals surface area contributed by atoms with Crippen LogP contribution in [-0.2, 0) is 7.05 Å². The number of carbonyl (C=O) groups is 1. The van der Waals surface area contributed by atoms with Gasteiger partial charge in [0.15, 0.2) is 0 Å². The molecule has 1 amide bonds. The molecule has 3 rings (SSSR count). The average molecular weight is 323 g/mol. The van der Waals surface area contributed by atoms with E-state index >= 15 is 0 Å². The summed E-state index contributed by atoms with van der Waals surface area (Å²) in [5, 5.41) is 10.1. The highest BCUT2D eigenvalue weighted by Gasteiger charge is 2.13. The monoisotopic (exact) mass is 322 g/mol. The maximum atomic E-state index is 12.1. The van der Waals surface area contributed by atoms with E-state index in [1.54, 1.807) is 36.4 Å². The first kappa shape index (κ1) is 16.3. The zero-order chi connectivity index (χ0) is 14.7. The van der Waals surface area contributed by atoms with Crippen LogP contribution in [0.25, 0.3) is 0 Å². The fourth-order valence-electron chi connectivity index (χ4n) is 2.31. The molecular formula is C14H19ClN6O. The van der Waals surface area contributed by atoms with E-state index in [0.29, 0.717) is 11.4 Å². The molecule has 0 unspecified atom stereocenters. The molecule has 2 aromatic heterocycles. The molecule has 7 nitrogen and oxygen atoms in total. The summed E-state index contributed by atoms with van der Waals surface area (Å²) in [7, 11) is 1.80. The SMILES string of the molecule is Cl.Cn1cc(NC(=O)c2ccc(N3CCNCC3)cn2)cn1. The summed E-state index contributed by atoms with van der Waals surface area (Å²) in [4.78, 5) is 18.6. The van der Waals surface area contributed by atoms with E-state index in [-0.39, 0.29) is 18.3 Å². The molecule has 2 N–H and O–H groups in total. The Balaban J connectivity index is 0.00000176. The lowest BCUT2D eigenvalue weighted by Crippen LogP contribution is -2.43. The van der Waals surface area contributed by atoms with Gasteiger partial charge < -0.3 is 15.5 Å². The number of pyridine rings is 1. The summed E-state index contributed by atoms with van der Waals surface area (Å²) >= 11 is 0. The van der Waals surface area contributed by atoms with Crippen LogP contribution in [0, 0.1) is 0 Å². The predicted octanol–water partition coefficient (Wildman–Crippen LogP) is 0.899. The van der Waals surface area contributed by atoms with Gasteiger partial charge in [-0.25, -0.2) is 4.98 Å². The fourth-order valence-corrected chi connectivity index (χ4v) is 2.31. The smallest absolute Gasteiger partial charge is 0.274 e. The molecular weight excluding hydrogens is 304 g/mol. The van der Waals surface area contributed by atoms with Crippen LogP contribution in [-0.4, -0.2) is 46.9 Å². The van der Waals surface area contributed by atoms with Gasteiger partial charge in [0, 0.05) is 39.4 Å². The zero-order valence-electron chi connectivity index (χ0n) is 12.3. The minimum Gasteiger partial charge on any atom is -0.368 e. The van der Waals surface area contributed by atoms with E-state index in [2.05, 4.69) is 25.6 Å². The van der Waals surface area contributed by atoms with Crippen LogP contribution >= 0.6 is 12.4 Å². The van der Waals surface area contributed by atoms with Crippen molar-refractivity contribution in [1.29, 1.82) is 0 Å². The Morgan fingerprint density at radius 2 is 2.05 bits per heavy atom. The Labute approximate surface area is 135 Å². The number of aromatic nitrogens is 3. The Hall–Kier alpha value is -2.12. The predicted molar refractivity (Wildman–Crippen MR) is 87.7 cm³/mol. The van der Waals surface area contributed by atoms with Crippen LogP contribution in [0.5, 0.6) is 0 Å². The molecule has 0 bridgehead atoms. The van der Waals surface area contributed by atoms with E-state index in [9.17, 15) is 4.79 Å². The summed E-state index contributed by atoms with van der Waals surface area (Å²) in [6.07, 6.45) is 5.10. The van der Waals surface area contributed by atoms with Gasteiger partial charge in [-0.15, -0.1) is 12.4 Å². The molecule has 0 atom stereocenters. The molecule has 3 heterocycles. The van der Waals surface area contributed by atoms with Crippen LogP contribution < -0.4 is 15.5 Å². The third kappa shape index (κ3) is 3.75. The molecule has 1 aliphatic rings. The molecule has 1 saturated heterocycles. The lowest BCUT2D eigenvalue weighted by atomic mass is 10.2. The zero-order valence-corrected chi connectivity index (χ0v) is 13.1. The topological polar surface area (TPSA) is 75.1 Å². The number of aryl methyl sites for hydroxylation is 1. The largest absolute Gasteiger partial charge is 0.368 e. The summed E-state index contributed by atoms with van der Waals surface area (Å²) in [6.45, 7) is 3.87. The number of halogens is 1. The van der Waals surface area contributed by atoms with Crippen LogP contribution in [0.2, 0.25) is 0 Å². The van der Waals surface area contributed by atoms with Gasteiger partial charge in [-0.2, -0.15) is 5.10 Å². The van der Waals surface area contributed by atoms with Gasteiger partial charge >= 0.3 is 0 Å². The van der Waals surface area contributed by atoms with Gasteiger partial charge in [0.05, 0.1) is 23.8 Å². The number of rotatable bonds is 3. The number of nitrogens with zero attached hydrogens (tertiary/aromatic N) is 4. The van der Waals surface area contributed by atoms with Crippen molar-refractivity contribution in [3.8, 4) is 0 Å². The number of piperazine rings is 1. The minimum absolute atomic E-state index is 0. The summed E-state index contributed by atoms with van der Waals surface area (Å²) in [6, 6.07) is 3.69. The number of nitrogens with one attached hydrogen (secondary N) is 2. The second kappa shape index (κ2) is 7.24. The van der Waals surface area contributed by atoms with Crippen molar-refractivity contribution in [2.75, 3.05) is 36.4 Å². The molecule has 118 valence electrons. The molecule has 0 aliphatic carbocycles. The Morgan fingerprint density at radius 1 is 1.27 bits per heavy atom. The molecule has 1 aliphatic heterocycles. The highest BCUT2D eigenvalue weighted by Crippen LogP contribution is 2.14. The highest BCUT2D eigenvalue weighted by atomic mass is 35.5. The summed E-state index contributed by atoms with van der Waals surface area (Å²) in [5.74, 6) is -0.227. The number of hydrogen-bond acceptors (Lipinski definition) is 5. The molecule has 0 saturated carbocycles. The van der Waals surface area contributed by atoms with E-state index in [4.69, 9.17) is 0 Å². The first-order valence-corrected chi connectivity index (χ1v) is 6.94. The Kier molecular flexibility index (Phi) is 5.35. The summed E-state index contributed by atoms with van der Waals surface area (Å²) in [5.41, 5.74) is 2.11. The van der Waals surface area contributed by atoms with Crippen molar-refractivity contribution in [3.05, 3.63) is 36.4 Å². The third-order valence-corrected chi connectivity index (χ3v) is 3.43. The normalized spacial score (nSPS) is 14.3. The van der Waals surface area contributed by atoms with Crippen molar-refractivity contribution >= 4 is 29.7 Å². The highest BCUT2D eigenvalue weighted by molar-refractivity contribution is 6.02. The van der Waals surface area contributed by atoms with Gasteiger partial charge in [0.25, 0.3) is 5.91 Å². The van der Waals surface area contributed by atoms with Gasteiger partial charge in [-0.1, -0.05) is 0 Å². The van der Waals surface area contributed by atoms with Gasteiger partial charge in [0.2, 0.25) is 0 Å². The van der Waals surface area contributed by atoms with Crippen LogP contribution in [0.15, 0.2) is 30.7 Å². The van der Waals surface area contributed by atoms with E-state index in [0.717, 1.165) is 31.9 Å². The number of anilines is 2. The van der Waals surface area contributed by atoms with Gasteiger partial charge in [-0.3, -0.25) is 9.48 Å². The standard InChI is InChI=1S/C14H18N6O.ClH/c1-19-10-11(8-17-19)18-14(21)13-3-2-12(9-16-13)20-6-4-15-5-7-20;/h2-3,8-10,15H,4-7H2,1H3,(H,18,21);1H. The third-order valence-electron chi connectivity index (χ3n) is 3.43. The van der Waals surface area contributed by atoms with Gasteiger partial charge in [-0.05, 0) is 12.1 Å². The molecule has 0 radical (unpaired) electrons. The van der Waals surface area contributed by atoms with E-state index < -0.39 is 0 Å². The first-order chi connectivity index (χ1) is 10.2. The van der Waals surface area contributed by atoms with E-state index in [1.165, 1.54) is 0 Å². The van der Waals surface area contributed by atoms with Crippen molar-refractivity contribution in [2.24, 2.45) is 7.05 Å². The molecule has 1 fully saturated rings. The molecule has 22 heavy (non-hydrogen) atoms. The molecule has 0 spiro atoms. The number of amides is 1.